The van der Waals surface area contributed by atoms with Gasteiger partial charge in [0.2, 0.25) is 5.13 Å². The standard InChI is InChI=1S/C16H17N5O2S/c1-9(2)7-14-20-21-16(24-14)17-15(23)12-8-11(18-19-12)10-5-3-4-6-13(10)22/h3-6,8-9,22H,7H2,1-2H3,(H,18,19)(H,17,21,23). The number of amides is 1. The van der Waals surface area contributed by atoms with Gasteiger partial charge in [-0.25, -0.2) is 0 Å². The Kier molecular flexibility index (Phi) is 4.57. The molecule has 0 bridgehead atoms. The Balaban J connectivity index is 1.72. The number of aromatic hydroxyl groups is 1. The second kappa shape index (κ2) is 6.79. The summed E-state index contributed by atoms with van der Waals surface area (Å²) in [6, 6.07) is 8.40. The van der Waals surface area contributed by atoms with Crippen LogP contribution in [0.1, 0.15) is 29.3 Å². The number of H-pyrrole nitrogens is 1. The minimum Gasteiger partial charge on any atom is -0.507 e. The molecular weight excluding hydrogens is 326 g/mol. The molecule has 2 heterocycles. The van der Waals surface area contributed by atoms with E-state index in [1.165, 1.54) is 11.3 Å². The van der Waals surface area contributed by atoms with E-state index in [-0.39, 0.29) is 17.4 Å². The van der Waals surface area contributed by atoms with E-state index in [1.54, 1.807) is 30.3 Å². The van der Waals surface area contributed by atoms with Gasteiger partial charge in [0.15, 0.2) is 0 Å². The van der Waals surface area contributed by atoms with Crippen LogP contribution in [0.5, 0.6) is 5.75 Å². The molecule has 2 aromatic heterocycles. The summed E-state index contributed by atoms with van der Waals surface area (Å²) in [4.78, 5) is 12.3. The number of hydrogen-bond acceptors (Lipinski definition) is 6. The van der Waals surface area contributed by atoms with E-state index in [1.807, 2.05) is 0 Å². The molecule has 0 radical (unpaired) electrons. The quantitative estimate of drug-likeness (QED) is 0.660. The third kappa shape index (κ3) is 3.60. The van der Waals surface area contributed by atoms with Crippen LogP contribution in [-0.2, 0) is 6.42 Å². The lowest BCUT2D eigenvalue weighted by Crippen LogP contribution is -2.12. The zero-order chi connectivity index (χ0) is 17.1. The fourth-order valence-corrected chi connectivity index (χ4v) is 3.11. The van der Waals surface area contributed by atoms with E-state index in [0.29, 0.717) is 22.3 Å². The molecule has 0 aliphatic carbocycles. The Morgan fingerprint density at radius 1 is 1.33 bits per heavy atom. The molecule has 3 aromatic rings. The molecule has 1 amide bonds. The van der Waals surface area contributed by atoms with Crippen molar-refractivity contribution >= 4 is 22.4 Å². The first-order valence-corrected chi connectivity index (χ1v) is 8.32. The predicted molar refractivity (Wildman–Crippen MR) is 92.1 cm³/mol. The summed E-state index contributed by atoms with van der Waals surface area (Å²) in [5.74, 6) is 0.241. The first kappa shape index (κ1) is 16.1. The maximum Gasteiger partial charge on any atom is 0.275 e. The Labute approximate surface area is 142 Å². The monoisotopic (exact) mass is 343 g/mol. The van der Waals surface area contributed by atoms with E-state index in [9.17, 15) is 9.90 Å². The lowest BCUT2D eigenvalue weighted by atomic mass is 10.1. The first-order valence-electron chi connectivity index (χ1n) is 7.50. The highest BCUT2D eigenvalue weighted by Gasteiger charge is 2.15. The molecule has 1 aromatic carbocycles. The SMILES string of the molecule is CC(C)Cc1nnc(NC(=O)c2cc(-c3ccccc3O)n[nH]2)s1. The molecule has 0 spiro atoms. The van der Waals surface area contributed by atoms with Crippen LogP contribution in [0.2, 0.25) is 0 Å². The van der Waals surface area contributed by atoms with E-state index >= 15 is 0 Å². The van der Waals surface area contributed by atoms with Crippen LogP contribution in [0.4, 0.5) is 5.13 Å². The number of aromatic amines is 1. The van der Waals surface area contributed by atoms with Crippen LogP contribution in [0.25, 0.3) is 11.3 Å². The number of rotatable bonds is 5. The second-order valence-electron chi connectivity index (χ2n) is 5.74. The summed E-state index contributed by atoms with van der Waals surface area (Å²) >= 11 is 1.36. The topological polar surface area (TPSA) is 104 Å². The average molecular weight is 343 g/mol. The Hall–Kier alpha value is -2.74. The van der Waals surface area contributed by atoms with Gasteiger partial charge in [-0.1, -0.05) is 37.3 Å². The minimum atomic E-state index is -0.351. The van der Waals surface area contributed by atoms with Gasteiger partial charge in [-0.15, -0.1) is 10.2 Å². The van der Waals surface area contributed by atoms with Crippen LogP contribution in [0, 0.1) is 5.92 Å². The number of para-hydroxylation sites is 1. The zero-order valence-corrected chi connectivity index (χ0v) is 14.1. The summed E-state index contributed by atoms with van der Waals surface area (Å²) in [6.45, 7) is 4.20. The molecule has 24 heavy (non-hydrogen) atoms. The Morgan fingerprint density at radius 2 is 2.12 bits per heavy atom. The van der Waals surface area contributed by atoms with Crippen molar-refractivity contribution in [1.29, 1.82) is 0 Å². The van der Waals surface area contributed by atoms with Crippen molar-refractivity contribution in [3.05, 3.63) is 41.0 Å². The highest BCUT2D eigenvalue weighted by molar-refractivity contribution is 7.15. The van der Waals surface area contributed by atoms with Gasteiger partial charge in [0.1, 0.15) is 16.5 Å². The van der Waals surface area contributed by atoms with Crippen LogP contribution in [0.3, 0.4) is 0 Å². The zero-order valence-electron chi connectivity index (χ0n) is 13.3. The number of aromatic nitrogens is 4. The lowest BCUT2D eigenvalue weighted by Gasteiger charge is -1.99. The largest absolute Gasteiger partial charge is 0.507 e. The third-order valence-electron chi connectivity index (χ3n) is 3.27. The maximum atomic E-state index is 12.3. The Morgan fingerprint density at radius 3 is 2.88 bits per heavy atom. The van der Waals surface area contributed by atoms with Crippen LogP contribution in [0.15, 0.2) is 30.3 Å². The molecule has 0 aliphatic rings. The van der Waals surface area contributed by atoms with Crippen molar-refractivity contribution in [2.75, 3.05) is 5.32 Å². The fourth-order valence-electron chi connectivity index (χ4n) is 2.17. The van der Waals surface area contributed by atoms with Crippen molar-refractivity contribution in [1.82, 2.24) is 20.4 Å². The summed E-state index contributed by atoms with van der Waals surface area (Å²) in [6.07, 6.45) is 0.828. The van der Waals surface area contributed by atoms with Crippen LogP contribution >= 0.6 is 11.3 Å². The van der Waals surface area contributed by atoms with Gasteiger partial charge in [-0.2, -0.15) is 5.10 Å². The highest BCUT2D eigenvalue weighted by Crippen LogP contribution is 2.27. The molecule has 3 rings (SSSR count). The number of nitrogens with one attached hydrogen (secondary N) is 2. The van der Waals surface area contributed by atoms with Gasteiger partial charge >= 0.3 is 0 Å². The molecule has 0 saturated carbocycles. The minimum absolute atomic E-state index is 0.110. The maximum absolute atomic E-state index is 12.3. The second-order valence-corrected chi connectivity index (χ2v) is 6.80. The number of benzene rings is 1. The van der Waals surface area contributed by atoms with Gasteiger partial charge in [0.05, 0.1) is 5.69 Å². The summed E-state index contributed by atoms with van der Waals surface area (Å²) < 4.78 is 0. The number of phenols is 1. The number of anilines is 1. The number of carbonyl (C=O) groups excluding carboxylic acids is 1. The molecule has 7 nitrogen and oxygen atoms in total. The first-order chi connectivity index (χ1) is 11.5. The highest BCUT2D eigenvalue weighted by atomic mass is 32.1. The van der Waals surface area contributed by atoms with Crippen LogP contribution in [-0.4, -0.2) is 31.4 Å². The molecule has 3 N–H and O–H groups in total. The normalized spacial score (nSPS) is 11.0. The van der Waals surface area contributed by atoms with Crippen molar-refractivity contribution in [2.24, 2.45) is 5.92 Å². The van der Waals surface area contributed by atoms with Gasteiger partial charge in [-0.05, 0) is 24.1 Å². The summed E-state index contributed by atoms with van der Waals surface area (Å²) in [5, 5.41) is 28.7. The number of hydrogen-bond donors (Lipinski definition) is 3. The van der Waals surface area contributed by atoms with Gasteiger partial charge < -0.3 is 5.11 Å². The molecule has 0 aliphatic heterocycles. The van der Waals surface area contributed by atoms with Crippen molar-refractivity contribution in [3.63, 3.8) is 0 Å². The van der Waals surface area contributed by atoms with Gasteiger partial charge in [0.25, 0.3) is 5.91 Å². The molecular formula is C16H17N5O2S. The summed E-state index contributed by atoms with van der Waals surface area (Å²) in [5.41, 5.74) is 1.34. The van der Waals surface area contributed by atoms with Crippen molar-refractivity contribution < 1.29 is 9.90 Å². The van der Waals surface area contributed by atoms with E-state index < -0.39 is 0 Å². The van der Waals surface area contributed by atoms with E-state index in [2.05, 4.69) is 39.6 Å². The van der Waals surface area contributed by atoms with E-state index in [4.69, 9.17) is 0 Å². The molecule has 8 heteroatoms. The van der Waals surface area contributed by atoms with Gasteiger partial charge in [-0.3, -0.25) is 15.2 Å². The predicted octanol–water partition coefficient (Wildman–Crippen LogP) is 3.08. The third-order valence-corrected chi connectivity index (χ3v) is 4.13. The van der Waals surface area contributed by atoms with Gasteiger partial charge in [0, 0.05) is 12.0 Å². The molecule has 0 unspecified atom stereocenters. The number of phenolic OH excluding ortho intramolecular Hbond substituents is 1. The number of nitrogens with zero attached hydrogens (tertiary/aromatic N) is 3. The average Bonchev–Trinajstić information content (AvgIpc) is 3.17. The lowest BCUT2D eigenvalue weighted by molar-refractivity contribution is 0.102. The molecule has 0 fully saturated rings. The molecule has 124 valence electrons. The summed E-state index contributed by atoms with van der Waals surface area (Å²) in [7, 11) is 0. The van der Waals surface area contributed by atoms with E-state index in [0.717, 1.165) is 11.4 Å². The smallest absolute Gasteiger partial charge is 0.275 e. The fraction of sp³-hybridized carbons (Fsp3) is 0.250. The Bertz CT molecular complexity index is 856. The van der Waals surface area contributed by atoms with Crippen molar-refractivity contribution in [2.45, 2.75) is 20.3 Å². The molecule has 0 atom stereocenters. The molecule has 0 saturated heterocycles. The van der Waals surface area contributed by atoms with Crippen LogP contribution < -0.4 is 5.32 Å². The number of carbonyl (C=O) groups is 1. The van der Waals surface area contributed by atoms with Crippen molar-refractivity contribution in [3.8, 4) is 17.0 Å².